The van der Waals surface area contributed by atoms with Gasteiger partial charge >= 0.3 is 0 Å². The van der Waals surface area contributed by atoms with Gasteiger partial charge in [-0.05, 0) is 55.2 Å². The largest absolute Gasteiger partial charge is 0.337 e. The molecule has 2 aliphatic heterocycles. The summed E-state index contributed by atoms with van der Waals surface area (Å²) in [6, 6.07) is 12.7. The van der Waals surface area contributed by atoms with Gasteiger partial charge in [-0.15, -0.1) is 0 Å². The van der Waals surface area contributed by atoms with Crippen LogP contribution in [-0.2, 0) is 38.0 Å². The predicted molar refractivity (Wildman–Crippen MR) is 118 cm³/mol. The van der Waals surface area contributed by atoms with E-state index in [9.17, 15) is 18.0 Å². The van der Waals surface area contributed by atoms with Crippen LogP contribution in [0, 0.1) is 0 Å². The first kappa shape index (κ1) is 21.5. The zero-order chi connectivity index (χ0) is 22.6. The number of hydrogen-bond acceptors (Lipinski definition) is 4. The maximum Gasteiger partial charge on any atom is 0.243 e. The lowest BCUT2D eigenvalue weighted by Crippen LogP contribution is -2.43. The summed E-state index contributed by atoms with van der Waals surface area (Å²) in [4.78, 5) is 28.7. The topological polar surface area (TPSA) is 78.0 Å². The average Bonchev–Trinajstić information content (AvgIpc) is 2.93. The molecule has 0 saturated heterocycles. The van der Waals surface area contributed by atoms with Crippen LogP contribution in [-0.4, -0.2) is 56.6 Å². The summed E-state index contributed by atoms with van der Waals surface area (Å²) >= 11 is 0. The van der Waals surface area contributed by atoms with Gasteiger partial charge in [0.15, 0.2) is 0 Å². The maximum atomic E-state index is 13.2. The molecule has 4 rings (SSSR count). The number of likely N-dealkylation sites (N-methyl/N-ethyl adjacent to an activating group) is 2. The molecule has 164 valence electrons. The minimum absolute atomic E-state index is 0.0778. The van der Waals surface area contributed by atoms with E-state index in [1.807, 2.05) is 18.2 Å². The van der Waals surface area contributed by atoms with Gasteiger partial charge in [-0.25, -0.2) is 8.42 Å². The molecule has 2 aliphatic rings. The lowest BCUT2D eigenvalue weighted by atomic mass is 9.86. The number of fused-ring (bicyclic) bond motifs is 2. The van der Waals surface area contributed by atoms with Gasteiger partial charge < -0.3 is 9.80 Å². The molecule has 2 heterocycles. The summed E-state index contributed by atoms with van der Waals surface area (Å²) in [7, 11) is -0.780. The van der Waals surface area contributed by atoms with Gasteiger partial charge in [-0.3, -0.25) is 9.59 Å². The third kappa shape index (κ3) is 3.53. The maximum absolute atomic E-state index is 13.2. The second-order valence-corrected chi connectivity index (χ2v) is 10.8. The molecule has 2 amide bonds. The fourth-order valence-corrected chi connectivity index (χ4v) is 5.52. The van der Waals surface area contributed by atoms with Crippen molar-refractivity contribution in [1.82, 2.24) is 9.21 Å². The summed E-state index contributed by atoms with van der Waals surface area (Å²) in [5, 5.41) is 0. The molecule has 2 aromatic carbocycles. The number of amides is 2. The van der Waals surface area contributed by atoms with Crippen molar-refractivity contribution in [3.63, 3.8) is 0 Å². The Morgan fingerprint density at radius 3 is 2.52 bits per heavy atom. The van der Waals surface area contributed by atoms with Crippen LogP contribution in [0.2, 0.25) is 0 Å². The monoisotopic (exact) mass is 441 g/mol. The molecule has 2 aromatic rings. The quantitative estimate of drug-likeness (QED) is 0.728. The van der Waals surface area contributed by atoms with Gasteiger partial charge in [0.25, 0.3) is 0 Å². The van der Waals surface area contributed by atoms with Crippen molar-refractivity contribution >= 4 is 27.5 Å². The van der Waals surface area contributed by atoms with Gasteiger partial charge in [0.1, 0.15) is 0 Å². The van der Waals surface area contributed by atoms with Crippen LogP contribution in [0.4, 0.5) is 5.69 Å². The van der Waals surface area contributed by atoms with Crippen molar-refractivity contribution in [2.75, 3.05) is 32.1 Å². The lowest BCUT2D eigenvalue weighted by Gasteiger charge is -2.30. The molecule has 0 aromatic heterocycles. The first-order valence-corrected chi connectivity index (χ1v) is 11.7. The summed E-state index contributed by atoms with van der Waals surface area (Å²) in [6.07, 6.45) is 0.764. The van der Waals surface area contributed by atoms with Crippen molar-refractivity contribution in [2.24, 2.45) is 0 Å². The molecule has 0 fully saturated rings. The van der Waals surface area contributed by atoms with Crippen LogP contribution >= 0.6 is 0 Å². The second-order valence-electron chi connectivity index (χ2n) is 8.76. The molecule has 0 bridgehead atoms. The van der Waals surface area contributed by atoms with E-state index >= 15 is 0 Å². The summed E-state index contributed by atoms with van der Waals surface area (Å²) in [5.41, 5.74) is 2.91. The lowest BCUT2D eigenvalue weighted by molar-refractivity contribution is -0.132. The molecule has 0 aliphatic carbocycles. The summed E-state index contributed by atoms with van der Waals surface area (Å²) < 4.78 is 27.4. The van der Waals surface area contributed by atoms with Crippen LogP contribution in [0.3, 0.4) is 0 Å². The van der Waals surface area contributed by atoms with Gasteiger partial charge in [-0.2, -0.15) is 4.31 Å². The second kappa shape index (κ2) is 7.46. The Balaban J connectivity index is 1.53. The van der Waals surface area contributed by atoms with E-state index in [0.29, 0.717) is 24.3 Å². The van der Waals surface area contributed by atoms with Gasteiger partial charge in [0.05, 0.1) is 16.9 Å². The van der Waals surface area contributed by atoms with Crippen LogP contribution in [0.25, 0.3) is 0 Å². The molecule has 0 atom stereocenters. The van der Waals surface area contributed by atoms with Crippen LogP contribution in [0.5, 0.6) is 0 Å². The van der Waals surface area contributed by atoms with Crippen molar-refractivity contribution in [2.45, 2.75) is 37.1 Å². The zero-order valence-electron chi connectivity index (χ0n) is 18.3. The Hall–Kier alpha value is -2.71. The molecular formula is C23H27N3O4S. The molecule has 0 spiro atoms. The van der Waals surface area contributed by atoms with Crippen LogP contribution < -0.4 is 4.90 Å². The predicted octanol–water partition coefficient (Wildman–Crippen LogP) is 2.15. The van der Waals surface area contributed by atoms with E-state index in [1.165, 1.54) is 18.7 Å². The van der Waals surface area contributed by atoms with Crippen molar-refractivity contribution in [1.29, 1.82) is 0 Å². The number of carbonyl (C=O) groups is 2. The van der Waals surface area contributed by atoms with Crippen molar-refractivity contribution in [3.8, 4) is 0 Å². The fraction of sp³-hybridized carbons (Fsp3) is 0.391. The summed E-state index contributed by atoms with van der Waals surface area (Å²) in [6.45, 7) is 4.41. The molecular weight excluding hydrogens is 414 g/mol. The number of rotatable bonds is 4. The minimum atomic E-state index is -3.88. The van der Waals surface area contributed by atoms with E-state index in [2.05, 4.69) is 6.07 Å². The Kier molecular flexibility index (Phi) is 5.18. The molecule has 0 radical (unpaired) electrons. The highest BCUT2D eigenvalue weighted by Gasteiger charge is 2.43. The standard InChI is InChI=1S/C23H27N3O4S/c1-23(2)19-13-18(9-10-20(19)25(4)22(23)28)31(29,30)24(3)15-21(27)26-12-11-16-7-5-6-8-17(16)14-26/h5-10,13H,11-12,14-15H2,1-4H3. The average molecular weight is 442 g/mol. The molecule has 0 unspecified atom stereocenters. The Labute approximate surface area is 183 Å². The molecule has 31 heavy (non-hydrogen) atoms. The van der Waals surface area contributed by atoms with E-state index < -0.39 is 15.4 Å². The Morgan fingerprint density at radius 2 is 1.81 bits per heavy atom. The van der Waals surface area contributed by atoms with Gasteiger partial charge in [-0.1, -0.05) is 24.3 Å². The molecule has 7 nitrogen and oxygen atoms in total. The minimum Gasteiger partial charge on any atom is -0.337 e. The summed E-state index contributed by atoms with van der Waals surface area (Å²) in [5.74, 6) is -0.303. The van der Waals surface area contributed by atoms with Crippen molar-refractivity contribution in [3.05, 3.63) is 59.2 Å². The number of carbonyl (C=O) groups excluding carboxylic acids is 2. The highest BCUT2D eigenvalue weighted by molar-refractivity contribution is 7.89. The van der Waals surface area contributed by atoms with E-state index in [-0.39, 0.29) is 23.3 Å². The first-order chi connectivity index (χ1) is 14.5. The number of anilines is 1. The Morgan fingerprint density at radius 1 is 1.13 bits per heavy atom. The van der Waals surface area contributed by atoms with Crippen molar-refractivity contribution < 1.29 is 18.0 Å². The highest BCUT2D eigenvalue weighted by atomic mass is 32.2. The molecule has 8 heteroatoms. The van der Waals surface area contributed by atoms with Gasteiger partial charge in [0, 0.05) is 32.9 Å². The number of sulfonamides is 1. The van der Waals surface area contributed by atoms with Crippen LogP contribution in [0.1, 0.15) is 30.5 Å². The highest BCUT2D eigenvalue weighted by Crippen LogP contribution is 2.41. The van der Waals surface area contributed by atoms with Gasteiger partial charge in [0.2, 0.25) is 21.8 Å². The SMILES string of the molecule is CN1C(=O)C(C)(C)c2cc(S(=O)(=O)N(C)CC(=O)N3CCc4ccccc4C3)ccc21. The fourth-order valence-electron chi connectivity index (χ4n) is 4.38. The number of nitrogens with zero attached hydrogens (tertiary/aromatic N) is 3. The van der Waals surface area contributed by atoms with E-state index in [4.69, 9.17) is 0 Å². The molecule has 0 saturated carbocycles. The molecule has 0 N–H and O–H groups in total. The smallest absolute Gasteiger partial charge is 0.243 e. The third-order valence-corrected chi connectivity index (χ3v) is 8.19. The zero-order valence-corrected chi connectivity index (χ0v) is 19.1. The van der Waals surface area contributed by atoms with E-state index in [0.717, 1.165) is 16.3 Å². The third-order valence-electron chi connectivity index (χ3n) is 6.39. The Bertz CT molecular complexity index is 1170. The normalized spacial score (nSPS) is 17.6. The first-order valence-electron chi connectivity index (χ1n) is 10.3. The number of hydrogen-bond donors (Lipinski definition) is 0. The van der Waals surface area contributed by atoms with Crippen LogP contribution in [0.15, 0.2) is 47.4 Å². The van der Waals surface area contributed by atoms with E-state index in [1.54, 1.807) is 42.8 Å². The number of benzene rings is 2.